The molecule has 0 N–H and O–H groups in total. The Morgan fingerprint density at radius 3 is 2.40 bits per heavy atom. The van der Waals surface area contributed by atoms with Gasteiger partial charge in [-0.05, 0) is 6.92 Å². The highest BCUT2D eigenvalue weighted by Gasteiger charge is 2.27. The molecule has 1 aliphatic rings. The van der Waals surface area contributed by atoms with Crippen LogP contribution in [0.5, 0.6) is 0 Å². The monoisotopic (exact) mass is 140 g/mol. The van der Waals surface area contributed by atoms with Gasteiger partial charge in [-0.2, -0.15) is 0 Å². The van der Waals surface area contributed by atoms with Crippen molar-refractivity contribution in [2.24, 2.45) is 5.92 Å². The van der Waals surface area contributed by atoms with Gasteiger partial charge >= 0.3 is 0 Å². The number of hydrogen-bond acceptors (Lipinski definition) is 2. The zero-order chi connectivity index (χ0) is 7.72. The first kappa shape index (κ1) is 7.32. The van der Waals surface area contributed by atoms with Crippen LogP contribution in [0, 0.1) is 5.92 Å². The molecule has 0 heterocycles. The third-order valence-corrected chi connectivity index (χ3v) is 1.97. The maximum atomic E-state index is 11.1. The van der Waals surface area contributed by atoms with Crippen LogP contribution in [0.2, 0.25) is 0 Å². The van der Waals surface area contributed by atoms with Gasteiger partial charge in [0.25, 0.3) is 0 Å². The zero-order valence-electron chi connectivity index (χ0n) is 6.60. The Morgan fingerprint density at radius 2 is 2.20 bits per heavy atom. The molecule has 0 saturated heterocycles. The molecular weight excluding hydrogens is 128 g/mol. The predicted octanol–water partition coefficient (Wildman–Crippen LogP) is 1.52. The van der Waals surface area contributed by atoms with Crippen molar-refractivity contribution in [3.63, 3.8) is 0 Å². The Bertz CT molecular complexity index is 191. The maximum Gasteiger partial charge on any atom is 0.165 e. The van der Waals surface area contributed by atoms with E-state index in [-0.39, 0.29) is 11.7 Å². The number of allylic oxidation sites excluding steroid dienone is 2. The lowest BCUT2D eigenvalue weighted by Gasteiger charge is -1.98. The summed E-state index contributed by atoms with van der Waals surface area (Å²) in [5, 5.41) is 0. The minimum Gasteiger partial charge on any atom is -0.501 e. The smallest absolute Gasteiger partial charge is 0.165 e. The lowest BCUT2D eigenvalue weighted by Crippen LogP contribution is -2.03. The summed E-state index contributed by atoms with van der Waals surface area (Å²) in [5.41, 5.74) is 0.801. The molecule has 10 heavy (non-hydrogen) atoms. The summed E-state index contributed by atoms with van der Waals surface area (Å²) in [5.74, 6) is 1.23. The molecule has 0 saturated carbocycles. The van der Waals surface area contributed by atoms with Crippen molar-refractivity contribution < 1.29 is 9.53 Å². The van der Waals surface area contributed by atoms with E-state index in [1.54, 1.807) is 7.11 Å². The van der Waals surface area contributed by atoms with Crippen molar-refractivity contribution in [2.75, 3.05) is 7.11 Å². The molecule has 0 radical (unpaired) electrons. The van der Waals surface area contributed by atoms with Gasteiger partial charge in [0.1, 0.15) is 5.76 Å². The molecule has 1 atom stereocenters. The molecule has 0 spiro atoms. The highest BCUT2D eigenvalue weighted by molar-refractivity contribution is 5.99. The van der Waals surface area contributed by atoms with E-state index in [0.29, 0.717) is 0 Å². The molecule has 0 fully saturated rings. The fourth-order valence-corrected chi connectivity index (χ4v) is 1.27. The maximum absolute atomic E-state index is 11.1. The van der Waals surface area contributed by atoms with E-state index in [2.05, 4.69) is 0 Å². The first-order valence-corrected chi connectivity index (χ1v) is 3.44. The van der Waals surface area contributed by atoms with Gasteiger partial charge in [0, 0.05) is 17.9 Å². The van der Waals surface area contributed by atoms with Crippen molar-refractivity contribution in [3.05, 3.63) is 11.3 Å². The predicted molar refractivity (Wildman–Crippen MR) is 38.5 cm³/mol. The van der Waals surface area contributed by atoms with E-state index in [1.807, 2.05) is 13.8 Å². The van der Waals surface area contributed by atoms with Crippen LogP contribution in [-0.2, 0) is 9.53 Å². The second-order valence-electron chi connectivity index (χ2n) is 2.72. The summed E-state index contributed by atoms with van der Waals surface area (Å²) in [6.07, 6.45) is 0.779. The normalized spacial score (nSPS) is 25.9. The molecule has 1 aliphatic carbocycles. The highest BCUT2D eigenvalue weighted by Crippen LogP contribution is 2.27. The minimum atomic E-state index is 0.134. The summed E-state index contributed by atoms with van der Waals surface area (Å²) in [7, 11) is 1.62. The molecule has 0 aromatic heterocycles. The van der Waals surface area contributed by atoms with Crippen LogP contribution in [0.25, 0.3) is 0 Å². The summed E-state index contributed by atoms with van der Waals surface area (Å²) < 4.78 is 5.02. The number of hydrogen-bond donors (Lipinski definition) is 0. The highest BCUT2D eigenvalue weighted by atomic mass is 16.5. The fraction of sp³-hybridized carbons (Fsp3) is 0.625. The average molecular weight is 140 g/mol. The number of Topliss-reactive ketones (excluding diaryl/α,β-unsaturated/α-hetero) is 1. The first-order valence-electron chi connectivity index (χ1n) is 3.44. The van der Waals surface area contributed by atoms with E-state index in [1.165, 1.54) is 0 Å². The summed E-state index contributed by atoms with van der Waals surface area (Å²) in [6.45, 7) is 3.75. The van der Waals surface area contributed by atoms with Gasteiger partial charge in [0.05, 0.1) is 7.11 Å². The van der Waals surface area contributed by atoms with Gasteiger partial charge in [0.2, 0.25) is 0 Å². The molecule has 56 valence electrons. The fourth-order valence-electron chi connectivity index (χ4n) is 1.27. The Hall–Kier alpha value is -0.790. The first-order chi connectivity index (χ1) is 4.66. The standard InChI is InChI=1S/C8H12O2/c1-5-4-7(10-3)6(2)8(5)9/h5H,4H2,1-3H3. The van der Waals surface area contributed by atoms with Gasteiger partial charge < -0.3 is 4.74 Å². The third-order valence-electron chi connectivity index (χ3n) is 1.97. The molecule has 2 nitrogen and oxygen atoms in total. The number of ether oxygens (including phenoxy) is 1. The quantitative estimate of drug-likeness (QED) is 0.552. The van der Waals surface area contributed by atoms with Gasteiger partial charge in [-0.1, -0.05) is 6.92 Å². The van der Waals surface area contributed by atoms with Crippen LogP contribution in [0.1, 0.15) is 20.3 Å². The van der Waals surface area contributed by atoms with E-state index in [9.17, 15) is 4.79 Å². The van der Waals surface area contributed by atoms with Crippen LogP contribution in [0.4, 0.5) is 0 Å². The Morgan fingerprint density at radius 1 is 1.60 bits per heavy atom. The molecule has 2 heteroatoms. The Labute approximate surface area is 60.9 Å². The number of methoxy groups -OCH3 is 1. The molecule has 0 aliphatic heterocycles. The topological polar surface area (TPSA) is 26.3 Å². The van der Waals surface area contributed by atoms with Crippen LogP contribution in [-0.4, -0.2) is 12.9 Å². The molecule has 0 bridgehead atoms. The van der Waals surface area contributed by atoms with Gasteiger partial charge in [-0.25, -0.2) is 0 Å². The molecule has 1 unspecified atom stereocenters. The summed E-state index contributed by atoms with van der Waals surface area (Å²) in [4.78, 5) is 11.1. The summed E-state index contributed by atoms with van der Waals surface area (Å²) in [6, 6.07) is 0. The van der Waals surface area contributed by atoms with Crippen molar-refractivity contribution in [1.29, 1.82) is 0 Å². The van der Waals surface area contributed by atoms with Crippen molar-refractivity contribution in [2.45, 2.75) is 20.3 Å². The second-order valence-corrected chi connectivity index (χ2v) is 2.72. The average Bonchev–Trinajstić information content (AvgIpc) is 2.17. The van der Waals surface area contributed by atoms with E-state index < -0.39 is 0 Å². The number of rotatable bonds is 1. The van der Waals surface area contributed by atoms with E-state index in [4.69, 9.17) is 4.74 Å². The minimum absolute atomic E-state index is 0.134. The lowest BCUT2D eigenvalue weighted by molar-refractivity contribution is -0.117. The Kier molecular flexibility index (Phi) is 1.79. The van der Waals surface area contributed by atoms with Crippen LogP contribution in [0.15, 0.2) is 11.3 Å². The molecule has 1 rings (SSSR count). The van der Waals surface area contributed by atoms with Crippen molar-refractivity contribution in [1.82, 2.24) is 0 Å². The third kappa shape index (κ3) is 0.939. The SMILES string of the molecule is COC1=C(C)C(=O)C(C)C1. The van der Waals surface area contributed by atoms with Crippen molar-refractivity contribution in [3.8, 4) is 0 Å². The molecule has 0 amide bonds. The van der Waals surface area contributed by atoms with E-state index in [0.717, 1.165) is 17.8 Å². The zero-order valence-corrected chi connectivity index (χ0v) is 6.60. The number of carbonyl (C=O) groups is 1. The second kappa shape index (κ2) is 2.45. The number of carbonyl (C=O) groups excluding carboxylic acids is 1. The van der Waals surface area contributed by atoms with Crippen molar-refractivity contribution >= 4 is 5.78 Å². The lowest BCUT2D eigenvalue weighted by atomic mass is 10.1. The molecular formula is C8H12O2. The molecule has 0 aromatic rings. The Balaban J connectivity index is 2.83. The van der Waals surface area contributed by atoms with Gasteiger partial charge in [-0.15, -0.1) is 0 Å². The van der Waals surface area contributed by atoms with Crippen LogP contribution >= 0.6 is 0 Å². The van der Waals surface area contributed by atoms with Gasteiger partial charge in [-0.3, -0.25) is 4.79 Å². The van der Waals surface area contributed by atoms with E-state index >= 15 is 0 Å². The molecule has 0 aromatic carbocycles. The van der Waals surface area contributed by atoms with Crippen LogP contribution in [0.3, 0.4) is 0 Å². The van der Waals surface area contributed by atoms with Crippen LogP contribution < -0.4 is 0 Å². The number of ketones is 1. The largest absolute Gasteiger partial charge is 0.501 e. The van der Waals surface area contributed by atoms with Gasteiger partial charge in [0.15, 0.2) is 5.78 Å². The summed E-state index contributed by atoms with van der Waals surface area (Å²) >= 11 is 0.